The number of aryl methyl sites for hydroxylation is 1. The summed E-state index contributed by atoms with van der Waals surface area (Å²) in [5, 5.41) is 27.8. The molecule has 1 aromatic carbocycles. The van der Waals surface area contributed by atoms with Gasteiger partial charge < -0.3 is 20.9 Å². The molecule has 0 saturated carbocycles. The smallest absolute Gasteiger partial charge is 0.181 e. The lowest BCUT2D eigenvalue weighted by Crippen LogP contribution is -2.59. The van der Waals surface area contributed by atoms with E-state index in [1.54, 1.807) is 0 Å². The topological polar surface area (TPSA) is 92.8 Å². The van der Waals surface area contributed by atoms with Crippen LogP contribution >= 0.6 is 0 Å². The van der Waals surface area contributed by atoms with Crippen molar-refractivity contribution in [2.24, 2.45) is 0 Å². The Labute approximate surface area is 175 Å². The van der Waals surface area contributed by atoms with Crippen molar-refractivity contribution in [3.05, 3.63) is 41.0 Å². The molecule has 0 aliphatic carbocycles. The highest BCUT2D eigenvalue weighted by Gasteiger charge is 2.38. The molecule has 1 aromatic rings. The summed E-state index contributed by atoms with van der Waals surface area (Å²) in [6.07, 6.45) is 5.96. The van der Waals surface area contributed by atoms with E-state index in [2.05, 4.69) is 33.0 Å². The molecule has 0 spiro atoms. The fourth-order valence-electron chi connectivity index (χ4n) is 4.46. The van der Waals surface area contributed by atoms with Crippen LogP contribution in [0, 0.1) is 23.2 Å². The highest BCUT2D eigenvalue weighted by molar-refractivity contribution is 6.09. The summed E-state index contributed by atoms with van der Waals surface area (Å²) in [6.45, 7) is 12.6. The average Bonchev–Trinajstić information content (AvgIpc) is 2.58. The summed E-state index contributed by atoms with van der Waals surface area (Å²) in [4.78, 5) is 0. The van der Waals surface area contributed by atoms with E-state index in [0.717, 1.165) is 35.1 Å². The van der Waals surface area contributed by atoms with Crippen LogP contribution in [0.4, 0.5) is 0 Å². The maximum absolute atomic E-state index is 8.46. The fraction of sp³-hybridized carbons (Fsp3) is 0.542. The van der Waals surface area contributed by atoms with Crippen molar-refractivity contribution < 1.29 is 4.74 Å². The number of piperidine rings is 1. The van der Waals surface area contributed by atoms with Gasteiger partial charge in [-0.3, -0.25) is 5.41 Å². The van der Waals surface area contributed by atoms with Crippen LogP contribution in [-0.2, 0) is 4.74 Å². The van der Waals surface area contributed by atoms with Crippen molar-refractivity contribution in [3.8, 4) is 0 Å². The van der Waals surface area contributed by atoms with E-state index >= 15 is 0 Å². The minimum atomic E-state index is -0.0134. The molecule has 0 bridgehead atoms. The third-order valence-corrected chi connectivity index (χ3v) is 5.42. The van der Waals surface area contributed by atoms with E-state index in [0.29, 0.717) is 18.6 Å². The third-order valence-electron chi connectivity index (χ3n) is 5.42. The highest BCUT2D eigenvalue weighted by atomic mass is 16.5. The molecule has 0 amide bonds. The zero-order valence-electron chi connectivity index (χ0n) is 18.7. The van der Waals surface area contributed by atoms with Gasteiger partial charge in [-0.25, -0.2) is 0 Å². The van der Waals surface area contributed by atoms with Crippen molar-refractivity contribution in [1.29, 1.82) is 16.2 Å². The molecule has 2 rings (SSSR count). The summed E-state index contributed by atoms with van der Waals surface area (Å²) in [6, 6.07) is 5.92. The summed E-state index contributed by atoms with van der Waals surface area (Å²) in [5.74, 6) is 0.266. The second-order valence-electron chi connectivity index (χ2n) is 9.36. The monoisotopic (exact) mass is 396 g/mol. The molecule has 0 radical (unpaired) electrons. The van der Waals surface area contributed by atoms with Crippen LogP contribution in [0.5, 0.6) is 0 Å². The predicted octanol–water partition coefficient (Wildman–Crippen LogP) is 5.50. The average molecular weight is 397 g/mol. The Morgan fingerprint density at radius 2 is 1.76 bits per heavy atom. The lowest BCUT2D eigenvalue weighted by Gasteiger charge is -2.46. The van der Waals surface area contributed by atoms with Gasteiger partial charge in [-0.2, -0.15) is 0 Å². The standard InChI is InChI=1S/C24H36N4O/c1-7-17(15-25)18-8-9-20(16(2)12-18)21(26)10-11-22(27)29-19-13-23(3,4)28-24(5,6)14-19/h7-9,12,15,19,25-28H,10-11,13-14H2,1-6H3/b17-7+,25-15?,26-21?,27-22?. The molecule has 1 fully saturated rings. The molecule has 5 nitrogen and oxygen atoms in total. The molecule has 158 valence electrons. The number of rotatable bonds is 7. The lowest BCUT2D eigenvalue weighted by molar-refractivity contribution is 0.0457. The SMILES string of the molecule is C/C=C(\C=N)c1ccc(C(=N)CCC(=N)OC2CC(C)(C)NC(C)(C)C2)c(C)c1. The zero-order chi connectivity index (χ0) is 21.8. The Kier molecular flexibility index (Phi) is 7.17. The summed E-state index contributed by atoms with van der Waals surface area (Å²) >= 11 is 0. The first kappa shape index (κ1) is 23.0. The van der Waals surface area contributed by atoms with Gasteiger partial charge in [0.15, 0.2) is 5.90 Å². The van der Waals surface area contributed by atoms with Crippen molar-refractivity contribution in [2.75, 3.05) is 0 Å². The number of nitrogens with one attached hydrogen (secondary N) is 4. The molecule has 0 unspecified atom stereocenters. The molecule has 0 aromatic heterocycles. The van der Waals surface area contributed by atoms with E-state index in [1.165, 1.54) is 6.21 Å². The van der Waals surface area contributed by atoms with Gasteiger partial charge in [-0.05, 0) is 70.2 Å². The Balaban J connectivity index is 1.95. The third kappa shape index (κ3) is 6.36. The lowest BCUT2D eigenvalue weighted by atomic mass is 9.81. The van der Waals surface area contributed by atoms with Gasteiger partial charge in [0.2, 0.25) is 0 Å². The molecular weight excluding hydrogens is 360 g/mol. The summed E-state index contributed by atoms with van der Waals surface area (Å²) < 4.78 is 5.97. The van der Waals surface area contributed by atoms with Gasteiger partial charge in [0.1, 0.15) is 6.10 Å². The highest BCUT2D eigenvalue weighted by Crippen LogP contribution is 2.30. The molecule has 1 aliphatic rings. The van der Waals surface area contributed by atoms with Crippen molar-refractivity contribution >= 4 is 23.4 Å². The number of benzene rings is 1. The molecule has 4 N–H and O–H groups in total. The first-order valence-electron chi connectivity index (χ1n) is 10.4. The molecule has 0 atom stereocenters. The molecular formula is C24H36N4O. The van der Waals surface area contributed by atoms with E-state index in [-0.39, 0.29) is 23.1 Å². The number of hydrogen-bond acceptors (Lipinski definition) is 5. The zero-order valence-corrected chi connectivity index (χ0v) is 18.7. The molecule has 1 heterocycles. The van der Waals surface area contributed by atoms with Gasteiger partial charge >= 0.3 is 0 Å². The number of hydrogen-bond donors (Lipinski definition) is 4. The number of allylic oxidation sites excluding steroid dienone is 2. The van der Waals surface area contributed by atoms with Crippen LogP contribution < -0.4 is 5.32 Å². The maximum atomic E-state index is 8.46. The second-order valence-corrected chi connectivity index (χ2v) is 9.36. The Bertz CT molecular complexity index is 804. The minimum Gasteiger partial charge on any atom is -0.478 e. The quantitative estimate of drug-likeness (QED) is 0.362. The minimum absolute atomic E-state index is 0.0134. The Hall–Kier alpha value is -2.27. The van der Waals surface area contributed by atoms with E-state index in [4.69, 9.17) is 21.0 Å². The molecule has 29 heavy (non-hydrogen) atoms. The number of ether oxygens (including phenoxy) is 1. The molecule has 5 heteroatoms. The largest absolute Gasteiger partial charge is 0.478 e. The van der Waals surface area contributed by atoms with Crippen LogP contribution in [0.2, 0.25) is 0 Å². The van der Waals surface area contributed by atoms with Gasteiger partial charge in [-0.1, -0.05) is 24.3 Å². The molecule has 1 saturated heterocycles. The fourth-order valence-corrected chi connectivity index (χ4v) is 4.46. The maximum Gasteiger partial charge on any atom is 0.181 e. The van der Waals surface area contributed by atoms with Crippen molar-refractivity contribution in [2.45, 2.75) is 84.4 Å². The predicted molar refractivity (Wildman–Crippen MR) is 123 cm³/mol. The summed E-state index contributed by atoms with van der Waals surface area (Å²) in [5.41, 5.74) is 4.26. The first-order valence-corrected chi connectivity index (χ1v) is 10.4. The van der Waals surface area contributed by atoms with Gasteiger partial charge in [0, 0.05) is 42.3 Å². The first-order chi connectivity index (χ1) is 13.5. The van der Waals surface area contributed by atoms with Gasteiger partial charge in [-0.15, -0.1) is 0 Å². The van der Waals surface area contributed by atoms with Crippen molar-refractivity contribution in [3.63, 3.8) is 0 Å². The molecule has 1 aliphatic heterocycles. The Morgan fingerprint density at radius 1 is 1.14 bits per heavy atom. The van der Waals surface area contributed by atoms with E-state index < -0.39 is 0 Å². The van der Waals surface area contributed by atoms with Gasteiger partial charge in [0.05, 0.1) is 0 Å². The van der Waals surface area contributed by atoms with Crippen LogP contribution in [0.1, 0.15) is 77.0 Å². The Morgan fingerprint density at radius 3 is 2.28 bits per heavy atom. The van der Waals surface area contributed by atoms with Crippen LogP contribution in [0.3, 0.4) is 0 Å². The van der Waals surface area contributed by atoms with Crippen LogP contribution in [0.25, 0.3) is 5.57 Å². The van der Waals surface area contributed by atoms with E-state index in [1.807, 2.05) is 38.1 Å². The van der Waals surface area contributed by atoms with Crippen molar-refractivity contribution in [1.82, 2.24) is 5.32 Å². The normalized spacial score (nSPS) is 18.9. The second kappa shape index (κ2) is 9.04. The van der Waals surface area contributed by atoms with Crippen LogP contribution in [0.15, 0.2) is 24.3 Å². The van der Waals surface area contributed by atoms with Gasteiger partial charge in [0.25, 0.3) is 0 Å². The van der Waals surface area contributed by atoms with Crippen LogP contribution in [-0.4, -0.2) is 35.0 Å². The summed E-state index contributed by atoms with van der Waals surface area (Å²) in [7, 11) is 0. The van der Waals surface area contributed by atoms with E-state index in [9.17, 15) is 0 Å².